The Balaban J connectivity index is 1.95. The highest BCUT2D eigenvalue weighted by molar-refractivity contribution is 7.92. The maximum absolute atomic E-state index is 13.2. The average molecular weight is 476 g/mol. The molecule has 0 saturated carbocycles. The van der Waals surface area contributed by atoms with Gasteiger partial charge in [-0.3, -0.25) is 4.72 Å². The van der Waals surface area contributed by atoms with Crippen LogP contribution < -0.4 is 9.46 Å². The predicted octanol–water partition coefficient (Wildman–Crippen LogP) is 3.87. The van der Waals surface area contributed by atoms with E-state index < -0.39 is 19.9 Å². The summed E-state index contributed by atoms with van der Waals surface area (Å²) < 4.78 is 57.7. The van der Waals surface area contributed by atoms with Crippen LogP contribution in [0.3, 0.4) is 0 Å². The van der Waals surface area contributed by atoms with E-state index in [2.05, 4.69) is 14.9 Å². The van der Waals surface area contributed by atoms with Crippen LogP contribution in [0.15, 0.2) is 64.5 Å². The fourth-order valence-corrected chi connectivity index (χ4v) is 4.73. The van der Waals surface area contributed by atoms with Gasteiger partial charge in [0, 0.05) is 17.5 Å². The molecule has 0 spiro atoms. The lowest BCUT2D eigenvalue weighted by Gasteiger charge is -2.15. The van der Waals surface area contributed by atoms with Gasteiger partial charge in [0.1, 0.15) is 10.6 Å². The van der Waals surface area contributed by atoms with Crippen LogP contribution in [0.2, 0.25) is 0 Å². The maximum Gasteiger partial charge on any atom is 0.265 e. The second-order valence-electron chi connectivity index (χ2n) is 7.51. The largest absolute Gasteiger partial charge is 0.492 e. The zero-order chi connectivity index (χ0) is 23.5. The summed E-state index contributed by atoms with van der Waals surface area (Å²) in [4.78, 5) is 0.0632. The third kappa shape index (κ3) is 5.43. The number of hydrogen-bond donors (Lipinski definition) is 1. The van der Waals surface area contributed by atoms with E-state index in [0.717, 1.165) is 11.8 Å². The number of aromatic nitrogens is 2. The first-order chi connectivity index (χ1) is 15.0. The van der Waals surface area contributed by atoms with Crippen molar-refractivity contribution in [3.8, 4) is 17.0 Å². The smallest absolute Gasteiger partial charge is 0.265 e. The number of anilines is 1. The van der Waals surface area contributed by atoms with Crippen molar-refractivity contribution >= 4 is 25.5 Å². The molecule has 32 heavy (non-hydrogen) atoms. The highest BCUT2D eigenvalue weighted by atomic mass is 32.2. The van der Waals surface area contributed by atoms with Crippen molar-refractivity contribution in [3.63, 3.8) is 0 Å². The molecular formula is C22H25N3O5S2. The van der Waals surface area contributed by atoms with Gasteiger partial charge < -0.3 is 4.74 Å². The Hall–Kier alpha value is -2.98. The molecule has 1 N–H and O–H groups in total. The lowest BCUT2D eigenvalue weighted by molar-refractivity contribution is 0.331. The van der Waals surface area contributed by atoms with E-state index in [1.807, 2.05) is 19.9 Å². The van der Waals surface area contributed by atoms with Gasteiger partial charge in [0.2, 0.25) is 0 Å². The van der Waals surface area contributed by atoms with Crippen LogP contribution in [-0.2, 0) is 19.9 Å². The first-order valence-electron chi connectivity index (χ1n) is 9.95. The van der Waals surface area contributed by atoms with Gasteiger partial charge in [0.05, 0.1) is 12.3 Å². The zero-order valence-electron chi connectivity index (χ0n) is 18.2. The van der Waals surface area contributed by atoms with Crippen molar-refractivity contribution in [2.24, 2.45) is 0 Å². The van der Waals surface area contributed by atoms with Gasteiger partial charge in [-0.1, -0.05) is 32.0 Å². The van der Waals surface area contributed by atoms with Gasteiger partial charge >= 0.3 is 0 Å². The Morgan fingerprint density at radius 1 is 0.969 bits per heavy atom. The van der Waals surface area contributed by atoms with Crippen molar-refractivity contribution in [3.05, 3.63) is 60.2 Å². The molecular weight excluding hydrogens is 450 g/mol. The maximum atomic E-state index is 13.2. The van der Waals surface area contributed by atoms with Gasteiger partial charge in [-0.05, 0) is 54.8 Å². The summed E-state index contributed by atoms with van der Waals surface area (Å²) in [7, 11) is -7.40. The standard InChI is InChI=1S/C22H25N3O5S2/c1-5-30-20-11-9-16(15(2)3)14-21(20)32(28,29)25-18-8-6-7-17(13-18)19-10-12-22(24-23-19)31(4,26)27/h6-15,25H,5H2,1-4H3. The van der Waals surface area contributed by atoms with Crippen molar-refractivity contribution in [2.45, 2.75) is 36.6 Å². The third-order valence-electron chi connectivity index (χ3n) is 4.65. The number of hydrogen-bond acceptors (Lipinski definition) is 7. The van der Waals surface area contributed by atoms with Gasteiger partial charge in [-0.15, -0.1) is 10.2 Å². The molecule has 0 atom stereocenters. The van der Waals surface area contributed by atoms with E-state index in [1.54, 1.807) is 43.3 Å². The molecule has 0 amide bonds. The average Bonchev–Trinajstić information content (AvgIpc) is 2.73. The van der Waals surface area contributed by atoms with E-state index >= 15 is 0 Å². The SMILES string of the molecule is CCOc1ccc(C(C)C)cc1S(=O)(=O)Nc1cccc(-c2ccc(S(C)(=O)=O)nn2)c1. The molecule has 3 rings (SSSR count). The van der Waals surface area contributed by atoms with Gasteiger partial charge in [-0.2, -0.15) is 0 Å². The molecule has 0 unspecified atom stereocenters. The van der Waals surface area contributed by atoms with Crippen LogP contribution in [-0.4, -0.2) is 39.9 Å². The number of sulfone groups is 1. The normalized spacial score (nSPS) is 12.0. The number of ether oxygens (including phenoxy) is 1. The fraction of sp³-hybridized carbons (Fsp3) is 0.273. The molecule has 3 aromatic rings. The monoisotopic (exact) mass is 475 g/mol. The minimum Gasteiger partial charge on any atom is -0.492 e. The fourth-order valence-electron chi connectivity index (χ4n) is 2.99. The Labute approximate surface area is 188 Å². The number of rotatable bonds is 8. The second-order valence-corrected chi connectivity index (χ2v) is 11.1. The molecule has 1 heterocycles. The molecule has 8 nitrogen and oxygen atoms in total. The van der Waals surface area contributed by atoms with E-state index in [9.17, 15) is 16.8 Å². The first-order valence-corrected chi connectivity index (χ1v) is 13.3. The molecule has 0 bridgehead atoms. The molecule has 170 valence electrons. The van der Waals surface area contributed by atoms with Crippen LogP contribution in [0.4, 0.5) is 5.69 Å². The molecule has 0 fully saturated rings. The zero-order valence-corrected chi connectivity index (χ0v) is 19.9. The van der Waals surface area contributed by atoms with Crippen molar-refractivity contribution < 1.29 is 21.6 Å². The minimum absolute atomic E-state index is 0.0632. The molecule has 1 aromatic heterocycles. The molecule has 2 aromatic carbocycles. The summed E-state index contributed by atoms with van der Waals surface area (Å²) in [6.07, 6.45) is 1.05. The van der Waals surface area contributed by atoms with Crippen molar-refractivity contribution in [1.29, 1.82) is 0 Å². The number of sulfonamides is 1. The summed E-state index contributed by atoms with van der Waals surface area (Å²) in [6.45, 7) is 6.10. The summed E-state index contributed by atoms with van der Waals surface area (Å²) in [6, 6.07) is 14.7. The van der Waals surface area contributed by atoms with Gasteiger partial charge in [0.15, 0.2) is 14.9 Å². The Morgan fingerprint density at radius 3 is 2.31 bits per heavy atom. The number of benzene rings is 2. The Bertz CT molecular complexity index is 1320. The molecule has 0 radical (unpaired) electrons. The predicted molar refractivity (Wildman–Crippen MR) is 123 cm³/mol. The molecule has 0 aliphatic heterocycles. The van der Waals surface area contributed by atoms with Gasteiger partial charge in [0.25, 0.3) is 10.0 Å². The minimum atomic E-state index is -3.94. The quantitative estimate of drug-likeness (QED) is 0.526. The van der Waals surface area contributed by atoms with Crippen LogP contribution in [0.5, 0.6) is 5.75 Å². The van der Waals surface area contributed by atoms with Crippen molar-refractivity contribution in [2.75, 3.05) is 17.6 Å². The molecule has 0 aliphatic carbocycles. The van der Waals surface area contributed by atoms with E-state index in [4.69, 9.17) is 4.74 Å². The van der Waals surface area contributed by atoms with Crippen LogP contribution in [0, 0.1) is 0 Å². The Morgan fingerprint density at radius 2 is 1.72 bits per heavy atom. The van der Waals surface area contributed by atoms with Crippen LogP contribution in [0.1, 0.15) is 32.3 Å². The van der Waals surface area contributed by atoms with E-state index in [1.165, 1.54) is 12.1 Å². The lowest BCUT2D eigenvalue weighted by Crippen LogP contribution is -2.15. The summed E-state index contributed by atoms with van der Waals surface area (Å²) in [5.74, 6) is 0.430. The summed E-state index contributed by atoms with van der Waals surface area (Å²) >= 11 is 0. The first kappa shape index (κ1) is 23.7. The second kappa shape index (κ2) is 9.25. The summed E-state index contributed by atoms with van der Waals surface area (Å²) in [5.41, 5.74) is 2.20. The highest BCUT2D eigenvalue weighted by Gasteiger charge is 2.22. The lowest BCUT2D eigenvalue weighted by atomic mass is 10.0. The van der Waals surface area contributed by atoms with E-state index in [-0.39, 0.29) is 21.6 Å². The number of nitrogens with zero attached hydrogens (tertiary/aromatic N) is 2. The third-order valence-corrected chi connectivity index (χ3v) is 7.03. The van der Waals surface area contributed by atoms with Gasteiger partial charge in [-0.25, -0.2) is 16.8 Å². The molecule has 0 saturated heterocycles. The van der Waals surface area contributed by atoms with Crippen molar-refractivity contribution in [1.82, 2.24) is 10.2 Å². The van der Waals surface area contributed by atoms with Crippen LogP contribution in [0.25, 0.3) is 11.3 Å². The summed E-state index contributed by atoms with van der Waals surface area (Å²) in [5, 5.41) is 7.56. The molecule has 10 heteroatoms. The highest BCUT2D eigenvalue weighted by Crippen LogP contribution is 2.30. The number of nitrogens with one attached hydrogen (secondary N) is 1. The van der Waals surface area contributed by atoms with E-state index in [0.29, 0.717) is 23.6 Å². The van der Waals surface area contributed by atoms with Crippen LogP contribution >= 0.6 is 0 Å². The molecule has 0 aliphatic rings. The Kier molecular flexibility index (Phi) is 6.85. The topological polar surface area (TPSA) is 115 Å².